The summed E-state index contributed by atoms with van der Waals surface area (Å²) in [6.07, 6.45) is 0.723. The van der Waals surface area contributed by atoms with Gasteiger partial charge in [-0.3, -0.25) is 14.9 Å². The standard InChI is InChI=1S/C24H22FN3O7S/c25-15-3-1-14(2-4-15)24-8-7-21(30)28(24)17(13-36-24)22(31)35-12-20(29)27-23(32)26-16-5-6-18-19(11-16)34-10-9-33-18/h1-6,11,17H,7-10,12-13H2,(H2,26,27,29,32)/t17-,24-/m0/s1. The van der Waals surface area contributed by atoms with Crippen LogP contribution in [0.25, 0.3) is 0 Å². The second kappa shape index (κ2) is 9.69. The zero-order valence-corrected chi connectivity index (χ0v) is 19.8. The number of halogens is 1. The molecule has 2 saturated heterocycles. The molecule has 0 spiro atoms. The van der Waals surface area contributed by atoms with Gasteiger partial charge in [0.2, 0.25) is 5.91 Å². The van der Waals surface area contributed by atoms with Crippen LogP contribution in [-0.2, 0) is 24.0 Å². The van der Waals surface area contributed by atoms with Gasteiger partial charge in [0.15, 0.2) is 18.1 Å². The number of nitrogens with one attached hydrogen (secondary N) is 2. The zero-order chi connectivity index (χ0) is 25.3. The Hall–Kier alpha value is -3.80. The number of carbonyl (C=O) groups excluding carboxylic acids is 4. The van der Waals surface area contributed by atoms with Crippen LogP contribution in [0.3, 0.4) is 0 Å². The predicted molar refractivity (Wildman–Crippen MR) is 126 cm³/mol. The van der Waals surface area contributed by atoms with Crippen molar-refractivity contribution in [1.29, 1.82) is 0 Å². The van der Waals surface area contributed by atoms with Crippen molar-refractivity contribution in [2.45, 2.75) is 23.8 Å². The molecule has 0 bridgehead atoms. The molecule has 188 valence electrons. The van der Waals surface area contributed by atoms with Gasteiger partial charge in [-0.05, 0) is 36.2 Å². The highest BCUT2D eigenvalue weighted by atomic mass is 32.2. The average molecular weight is 516 g/mol. The van der Waals surface area contributed by atoms with E-state index in [1.54, 1.807) is 30.3 Å². The summed E-state index contributed by atoms with van der Waals surface area (Å²) in [7, 11) is 0. The van der Waals surface area contributed by atoms with Gasteiger partial charge in [-0.1, -0.05) is 12.1 Å². The van der Waals surface area contributed by atoms with Gasteiger partial charge in [0.1, 0.15) is 29.9 Å². The first kappa shape index (κ1) is 23.9. The highest BCUT2D eigenvalue weighted by Gasteiger charge is 2.57. The van der Waals surface area contributed by atoms with Gasteiger partial charge < -0.3 is 24.4 Å². The first-order chi connectivity index (χ1) is 17.4. The number of nitrogens with zero attached hydrogens (tertiary/aromatic N) is 1. The van der Waals surface area contributed by atoms with Crippen LogP contribution in [-0.4, -0.2) is 60.3 Å². The van der Waals surface area contributed by atoms with E-state index < -0.39 is 41.2 Å². The van der Waals surface area contributed by atoms with Crippen molar-refractivity contribution in [3.05, 3.63) is 53.8 Å². The highest BCUT2D eigenvalue weighted by molar-refractivity contribution is 8.00. The molecule has 2 fully saturated rings. The topological polar surface area (TPSA) is 123 Å². The molecule has 2 aromatic carbocycles. The van der Waals surface area contributed by atoms with Crippen LogP contribution in [0.1, 0.15) is 18.4 Å². The van der Waals surface area contributed by atoms with E-state index in [1.165, 1.54) is 28.8 Å². The summed E-state index contributed by atoms with van der Waals surface area (Å²) in [5.41, 5.74) is 1.11. The second-order valence-corrected chi connectivity index (χ2v) is 9.65. The maximum absolute atomic E-state index is 13.4. The Labute approximate surface area is 209 Å². The van der Waals surface area contributed by atoms with E-state index in [1.807, 2.05) is 0 Å². The lowest BCUT2D eigenvalue weighted by Crippen LogP contribution is -2.47. The molecule has 36 heavy (non-hydrogen) atoms. The van der Waals surface area contributed by atoms with Crippen molar-refractivity contribution in [1.82, 2.24) is 10.2 Å². The average Bonchev–Trinajstić information content (AvgIpc) is 3.42. The summed E-state index contributed by atoms with van der Waals surface area (Å²) in [5.74, 6) is -0.884. The van der Waals surface area contributed by atoms with Crippen LogP contribution in [0.4, 0.5) is 14.9 Å². The number of carbonyl (C=O) groups is 4. The molecule has 2 atom stereocenters. The molecule has 2 N–H and O–H groups in total. The van der Waals surface area contributed by atoms with Gasteiger partial charge >= 0.3 is 12.0 Å². The Kier molecular flexibility index (Phi) is 6.44. The number of urea groups is 1. The number of rotatable bonds is 5. The number of hydrogen-bond acceptors (Lipinski definition) is 8. The Morgan fingerprint density at radius 3 is 2.64 bits per heavy atom. The van der Waals surface area contributed by atoms with E-state index in [0.29, 0.717) is 36.8 Å². The lowest BCUT2D eigenvalue weighted by atomic mass is 10.0. The van der Waals surface area contributed by atoms with Gasteiger partial charge in [0.05, 0.1) is 0 Å². The molecule has 4 amide bonds. The van der Waals surface area contributed by atoms with Gasteiger partial charge in [-0.25, -0.2) is 14.0 Å². The summed E-state index contributed by atoms with van der Waals surface area (Å²) in [6.45, 7) is 0.131. The summed E-state index contributed by atoms with van der Waals surface area (Å²) < 4.78 is 29.4. The van der Waals surface area contributed by atoms with Crippen molar-refractivity contribution in [2.24, 2.45) is 0 Å². The van der Waals surface area contributed by atoms with Crippen LogP contribution in [0.2, 0.25) is 0 Å². The number of amides is 4. The van der Waals surface area contributed by atoms with Crippen LogP contribution in [0.15, 0.2) is 42.5 Å². The first-order valence-corrected chi connectivity index (χ1v) is 12.2. The lowest BCUT2D eigenvalue weighted by Gasteiger charge is -2.33. The lowest BCUT2D eigenvalue weighted by molar-refractivity contribution is -0.156. The number of thioether (sulfide) groups is 1. The maximum Gasteiger partial charge on any atom is 0.330 e. The highest BCUT2D eigenvalue weighted by Crippen LogP contribution is 2.54. The normalized spacial score (nSPS) is 22.1. The predicted octanol–water partition coefficient (Wildman–Crippen LogP) is 2.38. The molecule has 3 heterocycles. The Morgan fingerprint density at radius 2 is 1.86 bits per heavy atom. The van der Waals surface area contributed by atoms with E-state index in [-0.39, 0.29) is 18.1 Å². The van der Waals surface area contributed by atoms with Gasteiger partial charge in [-0.2, -0.15) is 0 Å². The van der Waals surface area contributed by atoms with E-state index in [0.717, 1.165) is 5.56 Å². The third-order valence-electron chi connectivity index (χ3n) is 6.09. The number of esters is 1. The maximum atomic E-state index is 13.4. The number of hydrogen-bond donors (Lipinski definition) is 2. The quantitative estimate of drug-likeness (QED) is 0.582. The molecular formula is C24H22FN3O7S. The number of fused-ring (bicyclic) bond motifs is 2. The fraction of sp³-hybridized carbons (Fsp3) is 0.333. The van der Waals surface area contributed by atoms with Gasteiger partial charge in [-0.15, -0.1) is 11.8 Å². The third kappa shape index (κ3) is 4.55. The molecule has 0 aliphatic carbocycles. The monoisotopic (exact) mass is 515 g/mol. The van der Waals surface area contributed by atoms with Crippen LogP contribution in [0, 0.1) is 5.82 Å². The molecule has 12 heteroatoms. The van der Waals surface area contributed by atoms with E-state index in [9.17, 15) is 23.6 Å². The first-order valence-electron chi connectivity index (χ1n) is 11.2. The molecule has 3 aliphatic heterocycles. The Balaban J connectivity index is 1.16. The molecule has 10 nitrogen and oxygen atoms in total. The number of benzene rings is 2. The summed E-state index contributed by atoms with van der Waals surface area (Å²) >= 11 is 1.41. The van der Waals surface area contributed by atoms with Crippen LogP contribution >= 0.6 is 11.8 Å². The second-order valence-electron chi connectivity index (χ2n) is 8.35. The molecular weight excluding hydrogens is 493 g/mol. The molecule has 0 aromatic heterocycles. The van der Waals surface area contributed by atoms with E-state index >= 15 is 0 Å². The summed E-state index contributed by atoms with van der Waals surface area (Å²) in [4.78, 5) is 50.5. The van der Waals surface area contributed by atoms with Crippen molar-refractivity contribution in [3.63, 3.8) is 0 Å². The van der Waals surface area contributed by atoms with Gasteiger partial charge in [0.25, 0.3) is 5.91 Å². The third-order valence-corrected chi connectivity index (χ3v) is 7.69. The fourth-order valence-electron chi connectivity index (χ4n) is 4.51. The Morgan fingerprint density at radius 1 is 1.11 bits per heavy atom. The SMILES string of the molecule is O=C(COC(=O)[C@@H]1CS[C@]2(c3ccc(F)cc3)CCC(=O)N12)NC(=O)Nc1ccc2c(c1)OCCO2. The minimum Gasteiger partial charge on any atom is -0.486 e. The fourth-order valence-corrected chi connectivity index (χ4v) is 6.14. The zero-order valence-electron chi connectivity index (χ0n) is 19.0. The molecule has 5 rings (SSSR count). The summed E-state index contributed by atoms with van der Waals surface area (Å²) in [6, 6.07) is 8.94. The molecule has 3 aliphatic rings. The van der Waals surface area contributed by atoms with Crippen molar-refractivity contribution >= 4 is 41.3 Å². The largest absolute Gasteiger partial charge is 0.486 e. The van der Waals surface area contributed by atoms with Crippen molar-refractivity contribution < 1.29 is 37.8 Å². The number of imide groups is 1. The molecule has 0 radical (unpaired) electrons. The van der Waals surface area contributed by atoms with Crippen LogP contribution < -0.4 is 20.1 Å². The molecule has 0 unspecified atom stereocenters. The molecule has 2 aromatic rings. The van der Waals surface area contributed by atoms with Gasteiger partial charge in [0, 0.05) is 23.9 Å². The van der Waals surface area contributed by atoms with Crippen molar-refractivity contribution in [3.8, 4) is 11.5 Å². The number of anilines is 1. The van der Waals surface area contributed by atoms with E-state index in [4.69, 9.17) is 14.2 Å². The number of ether oxygens (including phenoxy) is 3. The Bertz CT molecular complexity index is 1220. The minimum absolute atomic E-state index is 0.213. The smallest absolute Gasteiger partial charge is 0.330 e. The molecule has 0 saturated carbocycles. The van der Waals surface area contributed by atoms with E-state index in [2.05, 4.69) is 10.6 Å². The summed E-state index contributed by atoms with van der Waals surface area (Å²) in [5, 5.41) is 4.59. The van der Waals surface area contributed by atoms with Crippen LogP contribution in [0.5, 0.6) is 11.5 Å². The van der Waals surface area contributed by atoms with Crippen molar-refractivity contribution in [2.75, 3.05) is 30.9 Å². The minimum atomic E-state index is -0.894.